The van der Waals surface area contributed by atoms with Crippen molar-refractivity contribution in [3.05, 3.63) is 28.2 Å². The largest absolute Gasteiger partial charge is 0.396 e. The van der Waals surface area contributed by atoms with E-state index in [0.717, 1.165) is 15.7 Å². The highest BCUT2D eigenvalue weighted by Crippen LogP contribution is 2.28. The number of hydrogen-bond acceptors (Lipinski definition) is 2. The van der Waals surface area contributed by atoms with E-state index in [9.17, 15) is 4.79 Å². The van der Waals surface area contributed by atoms with E-state index >= 15 is 0 Å². The van der Waals surface area contributed by atoms with E-state index in [1.54, 1.807) is 4.90 Å². The quantitative estimate of drug-likeness (QED) is 0.903. The van der Waals surface area contributed by atoms with Gasteiger partial charge < -0.3 is 10.0 Å². The lowest BCUT2D eigenvalue weighted by Gasteiger charge is -2.17. The van der Waals surface area contributed by atoms with Gasteiger partial charge in [-0.3, -0.25) is 4.79 Å². The maximum atomic E-state index is 11.7. The first-order chi connectivity index (χ1) is 7.61. The Bertz CT molecular complexity index is 419. The number of carbonyl (C=O) groups is 1. The van der Waals surface area contributed by atoms with Gasteiger partial charge in [0.05, 0.1) is 0 Å². The summed E-state index contributed by atoms with van der Waals surface area (Å²) in [6.45, 7) is 2.70. The average molecular weight is 284 g/mol. The molecule has 0 aromatic heterocycles. The van der Waals surface area contributed by atoms with Crippen molar-refractivity contribution in [3.63, 3.8) is 0 Å². The van der Waals surface area contributed by atoms with E-state index < -0.39 is 0 Å². The van der Waals surface area contributed by atoms with Crippen molar-refractivity contribution in [2.24, 2.45) is 5.92 Å². The number of rotatable bonds is 2. The summed E-state index contributed by atoms with van der Waals surface area (Å²) in [5.41, 5.74) is 2.05. The predicted octanol–water partition coefficient (Wildman–Crippen LogP) is 2.10. The Labute approximate surface area is 103 Å². The predicted molar refractivity (Wildman–Crippen MR) is 66.4 cm³/mol. The second-order valence-corrected chi connectivity index (χ2v) is 5.04. The molecule has 3 nitrogen and oxygen atoms in total. The smallest absolute Gasteiger partial charge is 0.227 e. The number of anilines is 1. The lowest BCUT2D eigenvalue weighted by Crippen LogP contribution is -2.24. The van der Waals surface area contributed by atoms with Gasteiger partial charge in [0.25, 0.3) is 0 Å². The molecule has 1 unspecified atom stereocenters. The zero-order chi connectivity index (χ0) is 11.7. The van der Waals surface area contributed by atoms with Crippen LogP contribution in [0.4, 0.5) is 5.69 Å². The summed E-state index contributed by atoms with van der Waals surface area (Å²) in [5.74, 6) is 0.169. The molecule has 1 aliphatic rings. The van der Waals surface area contributed by atoms with Gasteiger partial charge in [0, 0.05) is 35.7 Å². The molecule has 0 saturated carbocycles. The normalized spacial score (nSPS) is 20.6. The number of benzene rings is 1. The van der Waals surface area contributed by atoms with Crippen LogP contribution in [0.1, 0.15) is 12.0 Å². The maximum absolute atomic E-state index is 11.7. The summed E-state index contributed by atoms with van der Waals surface area (Å²) in [7, 11) is 0. The fourth-order valence-corrected chi connectivity index (χ4v) is 2.27. The third kappa shape index (κ3) is 2.13. The summed E-state index contributed by atoms with van der Waals surface area (Å²) in [5, 5.41) is 9.06. The van der Waals surface area contributed by atoms with E-state index in [-0.39, 0.29) is 18.4 Å². The molecule has 1 aromatic rings. The molecule has 0 bridgehead atoms. The summed E-state index contributed by atoms with van der Waals surface area (Å²) in [4.78, 5) is 13.5. The standard InChI is InChI=1S/C12H14BrNO2/c1-8-2-3-10(5-11(8)13)14-6-9(7-15)4-12(14)16/h2-3,5,9,15H,4,6-7H2,1H3. The minimum absolute atomic E-state index is 0.0765. The highest BCUT2D eigenvalue weighted by molar-refractivity contribution is 9.10. The van der Waals surface area contributed by atoms with Gasteiger partial charge in [0.2, 0.25) is 5.91 Å². The first kappa shape index (κ1) is 11.6. The van der Waals surface area contributed by atoms with E-state index in [1.807, 2.05) is 25.1 Å². The molecule has 1 saturated heterocycles. The molecular weight excluding hydrogens is 270 g/mol. The number of aliphatic hydroxyl groups is 1. The highest BCUT2D eigenvalue weighted by atomic mass is 79.9. The van der Waals surface area contributed by atoms with Crippen LogP contribution in [-0.2, 0) is 4.79 Å². The molecule has 0 radical (unpaired) electrons. The van der Waals surface area contributed by atoms with E-state index in [4.69, 9.17) is 5.11 Å². The Morgan fingerprint density at radius 2 is 2.31 bits per heavy atom. The lowest BCUT2D eigenvalue weighted by molar-refractivity contribution is -0.117. The molecule has 0 aliphatic carbocycles. The minimum Gasteiger partial charge on any atom is -0.396 e. The summed E-state index contributed by atoms with van der Waals surface area (Å²) >= 11 is 3.46. The summed E-state index contributed by atoms with van der Waals surface area (Å²) in [6.07, 6.45) is 0.446. The fraction of sp³-hybridized carbons (Fsp3) is 0.417. The molecule has 0 spiro atoms. The molecular formula is C12H14BrNO2. The molecule has 1 atom stereocenters. The maximum Gasteiger partial charge on any atom is 0.227 e. The fourth-order valence-electron chi connectivity index (χ4n) is 1.90. The number of amides is 1. The number of halogens is 1. The third-order valence-electron chi connectivity index (χ3n) is 2.93. The van der Waals surface area contributed by atoms with E-state index in [1.165, 1.54) is 0 Å². The zero-order valence-corrected chi connectivity index (χ0v) is 10.7. The Morgan fingerprint density at radius 3 is 2.88 bits per heavy atom. The molecule has 86 valence electrons. The van der Waals surface area contributed by atoms with Gasteiger partial charge >= 0.3 is 0 Å². The average Bonchev–Trinajstić information content (AvgIpc) is 2.64. The molecule has 1 amide bonds. The van der Waals surface area contributed by atoms with Crippen LogP contribution < -0.4 is 4.90 Å². The molecule has 1 N–H and O–H groups in total. The zero-order valence-electron chi connectivity index (χ0n) is 9.11. The number of aliphatic hydroxyl groups excluding tert-OH is 1. The van der Waals surface area contributed by atoms with Crippen LogP contribution in [0.2, 0.25) is 0 Å². The molecule has 4 heteroatoms. The second-order valence-electron chi connectivity index (χ2n) is 4.19. The van der Waals surface area contributed by atoms with Crippen LogP contribution in [0.3, 0.4) is 0 Å². The lowest BCUT2D eigenvalue weighted by atomic mass is 10.1. The third-order valence-corrected chi connectivity index (χ3v) is 3.78. The van der Waals surface area contributed by atoms with Crippen molar-refractivity contribution >= 4 is 27.5 Å². The molecule has 1 aliphatic heterocycles. The number of carbonyl (C=O) groups excluding carboxylic acids is 1. The second kappa shape index (κ2) is 4.55. The van der Waals surface area contributed by atoms with Crippen LogP contribution in [0.25, 0.3) is 0 Å². The molecule has 1 aromatic carbocycles. The highest BCUT2D eigenvalue weighted by Gasteiger charge is 2.30. The number of hydrogen-bond donors (Lipinski definition) is 1. The molecule has 1 fully saturated rings. The number of nitrogens with zero attached hydrogens (tertiary/aromatic N) is 1. The first-order valence-corrected chi connectivity index (χ1v) is 6.08. The van der Waals surface area contributed by atoms with Gasteiger partial charge in [0.15, 0.2) is 0 Å². The van der Waals surface area contributed by atoms with Crippen molar-refractivity contribution in [3.8, 4) is 0 Å². The van der Waals surface area contributed by atoms with Crippen LogP contribution in [0, 0.1) is 12.8 Å². The van der Waals surface area contributed by atoms with Crippen molar-refractivity contribution in [2.75, 3.05) is 18.1 Å². The number of aryl methyl sites for hydroxylation is 1. The van der Waals surface area contributed by atoms with Crippen molar-refractivity contribution in [1.82, 2.24) is 0 Å². The van der Waals surface area contributed by atoms with Gasteiger partial charge in [0.1, 0.15) is 0 Å². The van der Waals surface area contributed by atoms with Crippen molar-refractivity contribution in [1.29, 1.82) is 0 Å². The summed E-state index contributed by atoms with van der Waals surface area (Å²) < 4.78 is 1.00. The Balaban J connectivity index is 2.24. The molecule has 16 heavy (non-hydrogen) atoms. The summed E-state index contributed by atoms with van der Waals surface area (Å²) in [6, 6.07) is 5.88. The van der Waals surface area contributed by atoms with Gasteiger partial charge in [-0.05, 0) is 24.6 Å². The van der Waals surface area contributed by atoms with E-state index in [2.05, 4.69) is 15.9 Å². The van der Waals surface area contributed by atoms with Crippen molar-refractivity contribution in [2.45, 2.75) is 13.3 Å². The Hall–Kier alpha value is -0.870. The topological polar surface area (TPSA) is 40.5 Å². The van der Waals surface area contributed by atoms with Gasteiger partial charge in [-0.2, -0.15) is 0 Å². The van der Waals surface area contributed by atoms with E-state index in [0.29, 0.717) is 13.0 Å². The Kier molecular flexibility index (Phi) is 3.30. The Morgan fingerprint density at radius 1 is 1.56 bits per heavy atom. The van der Waals surface area contributed by atoms with Gasteiger partial charge in [-0.15, -0.1) is 0 Å². The van der Waals surface area contributed by atoms with Crippen molar-refractivity contribution < 1.29 is 9.90 Å². The molecule has 2 rings (SSSR count). The van der Waals surface area contributed by atoms with Crippen LogP contribution in [0.15, 0.2) is 22.7 Å². The SMILES string of the molecule is Cc1ccc(N2CC(CO)CC2=O)cc1Br. The van der Waals surface area contributed by atoms with Gasteiger partial charge in [-0.25, -0.2) is 0 Å². The monoisotopic (exact) mass is 283 g/mol. The van der Waals surface area contributed by atoms with Crippen LogP contribution >= 0.6 is 15.9 Å². The minimum atomic E-state index is 0.0765. The first-order valence-electron chi connectivity index (χ1n) is 5.29. The van der Waals surface area contributed by atoms with Gasteiger partial charge in [-0.1, -0.05) is 22.0 Å². The van der Waals surface area contributed by atoms with Crippen LogP contribution in [0.5, 0.6) is 0 Å². The van der Waals surface area contributed by atoms with Crippen LogP contribution in [-0.4, -0.2) is 24.2 Å². The molecule has 1 heterocycles.